The Hall–Kier alpha value is -0.260. The molecule has 0 aliphatic carbocycles. The fraction of sp³-hybridized carbons (Fsp3) is 0.923. The standard InChI is InChI=1S/C13H26N2O2S/c1-5-13(6-2)9-15-12(18-10-13)14-7-11(17-4)8-16-3/h11H,5-10H2,1-4H3,(H,14,15). The van der Waals surface area contributed by atoms with E-state index in [2.05, 4.69) is 24.2 Å². The number of methoxy groups -OCH3 is 2. The summed E-state index contributed by atoms with van der Waals surface area (Å²) in [7, 11) is 3.40. The molecule has 1 aliphatic rings. The van der Waals surface area contributed by atoms with E-state index < -0.39 is 0 Å². The Morgan fingerprint density at radius 2 is 2.11 bits per heavy atom. The van der Waals surface area contributed by atoms with Crippen molar-refractivity contribution < 1.29 is 9.47 Å². The SMILES string of the molecule is CCC1(CC)CN=C(NCC(COC)OC)SC1. The summed E-state index contributed by atoms with van der Waals surface area (Å²) in [6.45, 7) is 6.82. The average Bonchev–Trinajstić information content (AvgIpc) is 2.44. The molecule has 0 saturated heterocycles. The number of ether oxygens (including phenoxy) is 2. The number of hydrogen-bond donors (Lipinski definition) is 1. The smallest absolute Gasteiger partial charge is 0.156 e. The van der Waals surface area contributed by atoms with Crippen LogP contribution in [0.3, 0.4) is 0 Å². The van der Waals surface area contributed by atoms with E-state index in [1.165, 1.54) is 12.8 Å². The van der Waals surface area contributed by atoms with Crippen molar-refractivity contribution in [2.24, 2.45) is 10.4 Å². The van der Waals surface area contributed by atoms with Crippen LogP contribution in [0.5, 0.6) is 0 Å². The Morgan fingerprint density at radius 1 is 1.39 bits per heavy atom. The Bertz CT molecular complexity index is 268. The largest absolute Gasteiger partial charge is 0.382 e. The molecule has 0 aromatic rings. The van der Waals surface area contributed by atoms with Crippen LogP contribution in [0.4, 0.5) is 0 Å². The van der Waals surface area contributed by atoms with E-state index in [1.54, 1.807) is 14.2 Å². The van der Waals surface area contributed by atoms with Crippen molar-refractivity contribution in [3.05, 3.63) is 0 Å². The number of rotatable bonds is 7. The predicted molar refractivity (Wildman–Crippen MR) is 78.5 cm³/mol. The summed E-state index contributed by atoms with van der Waals surface area (Å²) >= 11 is 1.83. The van der Waals surface area contributed by atoms with Gasteiger partial charge in [0.25, 0.3) is 0 Å². The minimum Gasteiger partial charge on any atom is -0.382 e. The average molecular weight is 274 g/mol. The highest BCUT2D eigenvalue weighted by Gasteiger charge is 2.30. The molecule has 0 spiro atoms. The van der Waals surface area contributed by atoms with Gasteiger partial charge in [-0.1, -0.05) is 25.6 Å². The third-order valence-electron chi connectivity index (χ3n) is 3.74. The molecular formula is C13H26N2O2S. The van der Waals surface area contributed by atoms with E-state index in [1.807, 2.05) is 11.8 Å². The van der Waals surface area contributed by atoms with E-state index in [-0.39, 0.29) is 6.10 Å². The van der Waals surface area contributed by atoms with Gasteiger partial charge in [-0.15, -0.1) is 0 Å². The van der Waals surface area contributed by atoms with Crippen molar-refractivity contribution in [1.29, 1.82) is 0 Å². The summed E-state index contributed by atoms with van der Waals surface area (Å²) in [5.74, 6) is 1.16. The minimum absolute atomic E-state index is 0.0855. The van der Waals surface area contributed by atoms with Crippen LogP contribution in [-0.4, -0.2) is 50.9 Å². The molecule has 0 aromatic heterocycles. The molecule has 1 heterocycles. The Kier molecular flexibility index (Phi) is 7.04. The lowest BCUT2D eigenvalue weighted by Gasteiger charge is -2.33. The molecule has 106 valence electrons. The van der Waals surface area contributed by atoms with E-state index in [9.17, 15) is 0 Å². The highest BCUT2D eigenvalue weighted by atomic mass is 32.2. The van der Waals surface area contributed by atoms with Gasteiger partial charge in [0, 0.05) is 33.1 Å². The number of thioether (sulfide) groups is 1. The molecule has 4 nitrogen and oxygen atoms in total. The molecule has 1 rings (SSSR count). The molecule has 0 amide bonds. The summed E-state index contributed by atoms with van der Waals surface area (Å²) in [6.07, 6.45) is 2.50. The van der Waals surface area contributed by atoms with E-state index in [0.717, 1.165) is 24.0 Å². The van der Waals surface area contributed by atoms with Gasteiger partial charge in [0.05, 0.1) is 12.7 Å². The van der Waals surface area contributed by atoms with Crippen LogP contribution >= 0.6 is 11.8 Å². The number of nitrogens with zero attached hydrogens (tertiary/aromatic N) is 1. The van der Waals surface area contributed by atoms with Crippen molar-refractivity contribution in [2.75, 3.05) is 39.7 Å². The Balaban J connectivity index is 2.39. The van der Waals surface area contributed by atoms with Crippen molar-refractivity contribution in [3.8, 4) is 0 Å². The number of aliphatic imine (C=N–C) groups is 1. The van der Waals surface area contributed by atoms with E-state index in [4.69, 9.17) is 9.47 Å². The van der Waals surface area contributed by atoms with Gasteiger partial charge >= 0.3 is 0 Å². The lowest BCUT2D eigenvalue weighted by Crippen LogP contribution is -2.38. The molecule has 1 aliphatic heterocycles. The van der Waals surface area contributed by atoms with Gasteiger partial charge in [0.15, 0.2) is 5.17 Å². The van der Waals surface area contributed by atoms with Crippen molar-refractivity contribution in [3.63, 3.8) is 0 Å². The van der Waals surface area contributed by atoms with Crippen LogP contribution in [0.1, 0.15) is 26.7 Å². The van der Waals surface area contributed by atoms with Crippen LogP contribution in [0.25, 0.3) is 0 Å². The summed E-state index contributed by atoms with van der Waals surface area (Å²) in [6, 6.07) is 0. The third-order valence-corrected chi connectivity index (χ3v) is 5.04. The first-order chi connectivity index (χ1) is 8.69. The van der Waals surface area contributed by atoms with Gasteiger partial charge < -0.3 is 14.8 Å². The quantitative estimate of drug-likeness (QED) is 0.772. The van der Waals surface area contributed by atoms with Crippen LogP contribution in [-0.2, 0) is 9.47 Å². The summed E-state index contributed by atoms with van der Waals surface area (Å²) in [5, 5.41) is 4.40. The zero-order valence-corrected chi connectivity index (χ0v) is 12.8. The summed E-state index contributed by atoms with van der Waals surface area (Å²) in [4.78, 5) is 4.66. The third kappa shape index (κ3) is 4.44. The van der Waals surface area contributed by atoms with Crippen molar-refractivity contribution in [2.45, 2.75) is 32.8 Å². The second-order valence-electron chi connectivity index (χ2n) is 4.81. The highest BCUT2D eigenvalue weighted by Crippen LogP contribution is 2.34. The molecule has 1 unspecified atom stereocenters. The fourth-order valence-electron chi connectivity index (χ4n) is 1.93. The predicted octanol–water partition coefficient (Wildman–Crippen LogP) is 2.15. The number of amidine groups is 1. The van der Waals surface area contributed by atoms with Gasteiger partial charge in [0.2, 0.25) is 0 Å². The Morgan fingerprint density at radius 3 is 2.56 bits per heavy atom. The Labute approximate surface area is 115 Å². The van der Waals surface area contributed by atoms with Gasteiger partial charge in [0.1, 0.15) is 0 Å². The minimum atomic E-state index is 0.0855. The van der Waals surface area contributed by atoms with Gasteiger partial charge in [-0.05, 0) is 18.3 Å². The first kappa shape index (κ1) is 15.8. The zero-order valence-electron chi connectivity index (χ0n) is 12.0. The van der Waals surface area contributed by atoms with E-state index in [0.29, 0.717) is 12.0 Å². The van der Waals surface area contributed by atoms with Crippen LogP contribution < -0.4 is 5.32 Å². The number of nitrogens with one attached hydrogen (secondary N) is 1. The fourth-order valence-corrected chi connectivity index (χ4v) is 3.22. The summed E-state index contributed by atoms with van der Waals surface area (Å²) < 4.78 is 10.4. The molecule has 0 aromatic carbocycles. The van der Waals surface area contributed by atoms with Crippen molar-refractivity contribution in [1.82, 2.24) is 5.32 Å². The molecule has 1 N–H and O–H groups in total. The molecule has 18 heavy (non-hydrogen) atoms. The maximum atomic E-state index is 5.31. The lowest BCUT2D eigenvalue weighted by molar-refractivity contribution is 0.0316. The van der Waals surface area contributed by atoms with Crippen molar-refractivity contribution >= 4 is 16.9 Å². The summed E-state index contributed by atoms with van der Waals surface area (Å²) in [5.41, 5.74) is 0.406. The molecule has 0 fully saturated rings. The first-order valence-electron chi connectivity index (χ1n) is 6.62. The number of hydrogen-bond acceptors (Lipinski definition) is 5. The van der Waals surface area contributed by atoms with Crippen LogP contribution in [0.15, 0.2) is 4.99 Å². The topological polar surface area (TPSA) is 42.9 Å². The molecule has 1 atom stereocenters. The molecule has 0 saturated carbocycles. The van der Waals surface area contributed by atoms with Gasteiger partial charge in [-0.25, -0.2) is 0 Å². The molecule has 0 radical (unpaired) electrons. The zero-order chi connectivity index (χ0) is 13.4. The van der Waals surface area contributed by atoms with Crippen LogP contribution in [0, 0.1) is 5.41 Å². The van der Waals surface area contributed by atoms with Gasteiger partial charge in [-0.3, -0.25) is 4.99 Å². The van der Waals surface area contributed by atoms with E-state index >= 15 is 0 Å². The normalized spacial score (nSPS) is 20.3. The van der Waals surface area contributed by atoms with Crippen LogP contribution in [0.2, 0.25) is 0 Å². The maximum absolute atomic E-state index is 5.31. The lowest BCUT2D eigenvalue weighted by atomic mass is 9.84. The second kappa shape index (κ2) is 8.02. The van der Waals surface area contributed by atoms with Gasteiger partial charge in [-0.2, -0.15) is 0 Å². The first-order valence-corrected chi connectivity index (χ1v) is 7.61. The second-order valence-corrected chi connectivity index (χ2v) is 5.78. The molecule has 0 bridgehead atoms. The monoisotopic (exact) mass is 274 g/mol. The molecule has 5 heteroatoms. The molecular weight excluding hydrogens is 248 g/mol. The highest BCUT2D eigenvalue weighted by molar-refractivity contribution is 8.13. The maximum Gasteiger partial charge on any atom is 0.156 e.